The molecule has 0 aromatic rings. The Hall–Kier alpha value is -0.770. The monoisotopic (exact) mass is 149 g/mol. The summed E-state index contributed by atoms with van der Waals surface area (Å²) < 4.78 is 0. The number of hydrogen-bond donors (Lipinski definition) is 0. The quantitative estimate of drug-likeness (QED) is 0.553. The van der Waals surface area contributed by atoms with Crippen molar-refractivity contribution in [1.29, 1.82) is 5.26 Å². The molecule has 0 aromatic carbocycles. The summed E-state index contributed by atoms with van der Waals surface area (Å²) in [6.45, 7) is 3.71. The maximum atomic E-state index is 8.52. The molecule has 0 amide bonds. The van der Waals surface area contributed by atoms with Crippen molar-refractivity contribution in [3.8, 4) is 6.07 Å². The molecule has 1 aliphatic rings. The van der Waals surface area contributed by atoms with Crippen LogP contribution < -0.4 is 0 Å². The first-order valence-corrected chi connectivity index (χ1v) is 4.41. The van der Waals surface area contributed by atoms with Crippen LogP contribution in [0.5, 0.6) is 0 Å². The van der Waals surface area contributed by atoms with Gasteiger partial charge in [0.1, 0.15) is 0 Å². The van der Waals surface area contributed by atoms with E-state index in [0.717, 1.165) is 17.9 Å². The molecule has 1 fully saturated rings. The minimum Gasteiger partial charge on any atom is -0.193 e. The van der Waals surface area contributed by atoms with E-state index in [4.69, 9.17) is 5.26 Å². The lowest BCUT2D eigenvalue weighted by Gasteiger charge is -2.20. The summed E-state index contributed by atoms with van der Waals surface area (Å²) in [6.07, 6.45) is 7.64. The molecule has 0 heterocycles. The Morgan fingerprint density at radius 1 is 1.36 bits per heavy atom. The molecule has 0 spiro atoms. The lowest BCUT2D eigenvalue weighted by atomic mass is 9.85. The maximum absolute atomic E-state index is 8.52. The Morgan fingerprint density at radius 3 is 2.55 bits per heavy atom. The zero-order chi connectivity index (χ0) is 8.10. The Labute approximate surface area is 68.7 Å². The fourth-order valence-electron chi connectivity index (χ4n) is 1.79. The minimum absolute atomic E-state index is 0.760. The third-order valence-electron chi connectivity index (χ3n) is 2.42. The Bertz CT molecular complexity index is 170. The van der Waals surface area contributed by atoms with Gasteiger partial charge in [-0.1, -0.05) is 38.7 Å². The molecule has 1 saturated carbocycles. The molecular weight excluding hydrogens is 134 g/mol. The molecule has 1 heteroatoms. The Balaban J connectivity index is 2.25. The molecule has 60 valence electrons. The van der Waals surface area contributed by atoms with Crippen molar-refractivity contribution < 1.29 is 0 Å². The van der Waals surface area contributed by atoms with Crippen LogP contribution in [-0.4, -0.2) is 0 Å². The van der Waals surface area contributed by atoms with E-state index in [1.54, 1.807) is 0 Å². The second-order valence-corrected chi connectivity index (χ2v) is 3.42. The number of hydrogen-bond acceptors (Lipinski definition) is 1. The topological polar surface area (TPSA) is 23.8 Å². The first kappa shape index (κ1) is 8.33. The smallest absolute Gasteiger partial charge is 0.0940 e. The summed E-state index contributed by atoms with van der Waals surface area (Å²) in [4.78, 5) is 0. The first-order chi connectivity index (χ1) is 5.33. The zero-order valence-electron chi connectivity index (χ0n) is 6.97. The molecule has 0 atom stereocenters. The predicted molar refractivity (Wildman–Crippen MR) is 45.9 cm³/mol. The van der Waals surface area contributed by atoms with Gasteiger partial charge in [-0.25, -0.2) is 0 Å². The van der Waals surface area contributed by atoms with E-state index in [1.165, 1.54) is 32.1 Å². The highest BCUT2D eigenvalue weighted by Gasteiger charge is 2.13. The van der Waals surface area contributed by atoms with Gasteiger partial charge < -0.3 is 0 Å². The van der Waals surface area contributed by atoms with Crippen LogP contribution in [-0.2, 0) is 0 Å². The number of rotatable bonds is 2. The SMILES string of the molecule is C=C(C#N)CC1CCCCC1. The van der Waals surface area contributed by atoms with Gasteiger partial charge in [-0.15, -0.1) is 0 Å². The maximum Gasteiger partial charge on any atom is 0.0940 e. The van der Waals surface area contributed by atoms with E-state index >= 15 is 0 Å². The van der Waals surface area contributed by atoms with Crippen molar-refractivity contribution in [2.75, 3.05) is 0 Å². The van der Waals surface area contributed by atoms with Crippen LogP contribution in [0.3, 0.4) is 0 Å². The van der Waals surface area contributed by atoms with Crippen LogP contribution in [0, 0.1) is 17.2 Å². The summed E-state index contributed by atoms with van der Waals surface area (Å²) in [5, 5.41) is 8.52. The van der Waals surface area contributed by atoms with Crippen molar-refractivity contribution >= 4 is 0 Å². The van der Waals surface area contributed by atoms with E-state index in [1.807, 2.05) is 0 Å². The van der Waals surface area contributed by atoms with Gasteiger partial charge in [0.25, 0.3) is 0 Å². The van der Waals surface area contributed by atoms with Gasteiger partial charge in [0, 0.05) is 5.57 Å². The van der Waals surface area contributed by atoms with Gasteiger partial charge in [-0.05, 0) is 12.3 Å². The van der Waals surface area contributed by atoms with Crippen molar-refractivity contribution in [2.45, 2.75) is 38.5 Å². The highest BCUT2D eigenvalue weighted by atomic mass is 14.3. The summed E-state index contributed by atoms with van der Waals surface area (Å²) in [5.41, 5.74) is 0.761. The van der Waals surface area contributed by atoms with Crippen LogP contribution in [0.15, 0.2) is 12.2 Å². The van der Waals surface area contributed by atoms with Crippen LogP contribution in [0.1, 0.15) is 38.5 Å². The number of allylic oxidation sites excluding steroid dienone is 1. The molecule has 0 bridgehead atoms. The van der Waals surface area contributed by atoms with E-state index in [9.17, 15) is 0 Å². The van der Waals surface area contributed by atoms with E-state index in [-0.39, 0.29) is 0 Å². The summed E-state index contributed by atoms with van der Waals surface area (Å²) in [6, 6.07) is 2.12. The third kappa shape index (κ3) is 2.76. The first-order valence-electron chi connectivity index (χ1n) is 4.41. The molecule has 0 saturated heterocycles. The minimum atomic E-state index is 0.760. The molecule has 1 rings (SSSR count). The van der Waals surface area contributed by atoms with Gasteiger partial charge >= 0.3 is 0 Å². The van der Waals surface area contributed by atoms with Crippen molar-refractivity contribution in [1.82, 2.24) is 0 Å². The molecule has 0 aromatic heterocycles. The standard InChI is InChI=1S/C10H15N/c1-9(8-11)7-10-5-3-2-4-6-10/h10H,1-7H2. The van der Waals surface area contributed by atoms with Crippen molar-refractivity contribution in [3.63, 3.8) is 0 Å². The van der Waals surface area contributed by atoms with Crippen LogP contribution in [0.25, 0.3) is 0 Å². The van der Waals surface area contributed by atoms with Gasteiger partial charge in [-0.3, -0.25) is 0 Å². The van der Waals surface area contributed by atoms with Gasteiger partial charge in [-0.2, -0.15) is 5.26 Å². The van der Waals surface area contributed by atoms with E-state index in [2.05, 4.69) is 12.6 Å². The molecule has 0 aliphatic heterocycles. The summed E-state index contributed by atoms with van der Waals surface area (Å²) >= 11 is 0. The third-order valence-corrected chi connectivity index (χ3v) is 2.42. The largest absolute Gasteiger partial charge is 0.193 e. The summed E-state index contributed by atoms with van der Waals surface area (Å²) in [7, 11) is 0. The average molecular weight is 149 g/mol. The fourth-order valence-corrected chi connectivity index (χ4v) is 1.79. The molecule has 0 unspecified atom stereocenters. The Morgan fingerprint density at radius 2 is 2.00 bits per heavy atom. The van der Waals surface area contributed by atoms with E-state index < -0.39 is 0 Å². The highest BCUT2D eigenvalue weighted by molar-refractivity contribution is 5.16. The van der Waals surface area contributed by atoms with Crippen molar-refractivity contribution in [2.24, 2.45) is 5.92 Å². The molecule has 1 aliphatic carbocycles. The Kier molecular flexibility index (Phi) is 3.16. The summed E-state index contributed by atoms with van der Waals surface area (Å²) in [5.74, 6) is 0.760. The molecule has 0 N–H and O–H groups in total. The van der Waals surface area contributed by atoms with Crippen LogP contribution >= 0.6 is 0 Å². The van der Waals surface area contributed by atoms with Crippen LogP contribution in [0.2, 0.25) is 0 Å². The van der Waals surface area contributed by atoms with Gasteiger partial charge in [0.15, 0.2) is 0 Å². The lowest BCUT2D eigenvalue weighted by Crippen LogP contribution is -2.06. The predicted octanol–water partition coefficient (Wildman–Crippen LogP) is 3.04. The van der Waals surface area contributed by atoms with E-state index in [0.29, 0.717) is 0 Å². The zero-order valence-corrected chi connectivity index (χ0v) is 6.97. The second kappa shape index (κ2) is 4.18. The second-order valence-electron chi connectivity index (χ2n) is 3.42. The average Bonchev–Trinajstić information content (AvgIpc) is 2.06. The van der Waals surface area contributed by atoms with Gasteiger partial charge in [0.05, 0.1) is 6.07 Å². The molecule has 11 heavy (non-hydrogen) atoms. The number of nitrogens with zero attached hydrogens (tertiary/aromatic N) is 1. The molecule has 1 nitrogen and oxygen atoms in total. The lowest BCUT2D eigenvalue weighted by molar-refractivity contribution is 0.358. The highest BCUT2D eigenvalue weighted by Crippen LogP contribution is 2.27. The molecule has 0 radical (unpaired) electrons. The number of nitriles is 1. The van der Waals surface area contributed by atoms with Crippen molar-refractivity contribution in [3.05, 3.63) is 12.2 Å². The molecular formula is C10H15N. The fraction of sp³-hybridized carbons (Fsp3) is 0.700. The van der Waals surface area contributed by atoms with Crippen LogP contribution in [0.4, 0.5) is 0 Å². The normalized spacial score (nSPS) is 19.2. The van der Waals surface area contributed by atoms with Gasteiger partial charge in [0.2, 0.25) is 0 Å².